The van der Waals surface area contributed by atoms with Crippen molar-refractivity contribution in [3.63, 3.8) is 0 Å². The molecule has 1 saturated heterocycles. The smallest absolute Gasteiger partial charge is 0.322 e. The quantitative estimate of drug-likeness (QED) is 0.303. The van der Waals surface area contributed by atoms with Gasteiger partial charge >= 0.3 is 5.97 Å². The third-order valence-electron chi connectivity index (χ3n) is 7.48. The third kappa shape index (κ3) is 7.17. The number of nitrogens with one attached hydrogen (secondary N) is 1. The second kappa shape index (κ2) is 13.0. The Balaban J connectivity index is 1.27. The Morgan fingerprint density at radius 3 is 2.24 bits per heavy atom. The maximum absolute atomic E-state index is 13.1. The first-order chi connectivity index (χ1) is 20.2. The lowest BCUT2D eigenvalue weighted by Gasteiger charge is -2.26. The van der Waals surface area contributed by atoms with Crippen LogP contribution in [-0.4, -0.2) is 56.7 Å². The number of carbonyl (C=O) groups is 1. The van der Waals surface area contributed by atoms with E-state index in [0.29, 0.717) is 6.61 Å². The monoisotopic (exact) mass is 588 g/mol. The molecule has 2 N–H and O–H groups in total. The Hall–Kier alpha value is -3.76. The summed E-state index contributed by atoms with van der Waals surface area (Å²) in [6.07, 6.45) is 5.74. The van der Waals surface area contributed by atoms with E-state index in [1.54, 1.807) is 26.0 Å². The fraction of sp³-hybridized carbons (Fsp3) is 0.303. The predicted octanol–water partition coefficient (Wildman–Crippen LogP) is 5.11. The summed E-state index contributed by atoms with van der Waals surface area (Å²) < 4.78 is 40.0. The van der Waals surface area contributed by atoms with Gasteiger partial charge in [-0.25, -0.2) is 8.42 Å². The average molecular weight is 589 g/mol. The van der Waals surface area contributed by atoms with Crippen molar-refractivity contribution in [1.29, 1.82) is 0 Å². The van der Waals surface area contributed by atoms with Gasteiger partial charge in [-0.2, -0.15) is 4.72 Å². The van der Waals surface area contributed by atoms with Gasteiger partial charge in [0.05, 0.1) is 18.1 Å². The van der Waals surface area contributed by atoms with Crippen molar-refractivity contribution >= 4 is 21.6 Å². The highest BCUT2D eigenvalue weighted by atomic mass is 32.2. The van der Waals surface area contributed by atoms with Gasteiger partial charge < -0.3 is 14.6 Å². The Morgan fingerprint density at radius 2 is 1.64 bits per heavy atom. The largest absolute Gasteiger partial charge is 0.489 e. The van der Waals surface area contributed by atoms with E-state index < -0.39 is 28.0 Å². The lowest BCUT2D eigenvalue weighted by molar-refractivity contribution is -0.140. The molecule has 8 nitrogen and oxygen atoms in total. The van der Waals surface area contributed by atoms with E-state index in [1.165, 1.54) is 11.6 Å². The zero-order valence-corrected chi connectivity index (χ0v) is 24.6. The van der Waals surface area contributed by atoms with Crippen molar-refractivity contribution < 1.29 is 27.8 Å². The lowest BCUT2D eigenvalue weighted by Crippen LogP contribution is -2.44. The summed E-state index contributed by atoms with van der Waals surface area (Å²) in [4.78, 5) is 14.0. The maximum Gasteiger partial charge on any atom is 0.322 e. The second-order valence-electron chi connectivity index (χ2n) is 10.9. The van der Waals surface area contributed by atoms with Gasteiger partial charge in [0.25, 0.3) is 0 Å². The molecule has 9 heteroatoms. The van der Waals surface area contributed by atoms with Crippen LogP contribution >= 0.6 is 0 Å². The third-order valence-corrected chi connectivity index (χ3v) is 8.92. The fourth-order valence-electron chi connectivity index (χ4n) is 4.92. The number of carboxylic acid groups (broad SMARTS) is 1. The molecule has 0 radical (unpaired) electrons. The van der Waals surface area contributed by atoms with Gasteiger partial charge in [0.1, 0.15) is 18.4 Å². The minimum absolute atomic E-state index is 0.0235. The van der Waals surface area contributed by atoms with Crippen LogP contribution in [0.4, 0.5) is 0 Å². The zero-order valence-electron chi connectivity index (χ0n) is 23.8. The number of hydrogen-bond donors (Lipinski definition) is 2. The average Bonchev–Trinajstić information content (AvgIpc) is 2.95. The van der Waals surface area contributed by atoms with Gasteiger partial charge in [-0.15, -0.1) is 0 Å². The fourth-order valence-corrected chi connectivity index (χ4v) is 6.28. The number of ether oxygens (including phenoxy) is 2. The van der Waals surface area contributed by atoms with Crippen LogP contribution in [0.1, 0.15) is 30.5 Å². The molecule has 0 amide bonds. The molecule has 5 rings (SSSR count). The molecule has 220 valence electrons. The Kier molecular flexibility index (Phi) is 9.23. The molecule has 3 aromatic carbocycles. The first-order valence-corrected chi connectivity index (χ1v) is 15.6. The molecule has 0 aromatic heterocycles. The van der Waals surface area contributed by atoms with E-state index in [0.717, 1.165) is 66.4 Å². The zero-order chi connectivity index (χ0) is 29.7. The lowest BCUT2D eigenvalue weighted by atomic mass is 9.91. The molecule has 3 aromatic rings. The van der Waals surface area contributed by atoms with Gasteiger partial charge in [0.2, 0.25) is 10.0 Å². The van der Waals surface area contributed by atoms with E-state index in [1.807, 2.05) is 54.6 Å². The molecule has 1 atom stereocenters. The van der Waals surface area contributed by atoms with Crippen molar-refractivity contribution in [2.45, 2.75) is 37.9 Å². The molecule has 0 saturated carbocycles. The summed E-state index contributed by atoms with van der Waals surface area (Å²) in [7, 11) is -4.05. The number of aliphatic carboxylic acids is 1. The number of nitrogens with zero attached hydrogens (tertiary/aromatic N) is 1. The molecular formula is C33H36N2O6S. The van der Waals surface area contributed by atoms with Crippen molar-refractivity contribution in [2.75, 3.05) is 26.3 Å². The summed E-state index contributed by atoms with van der Waals surface area (Å²) >= 11 is 0. The number of carboxylic acids is 1. The molecule has 1 aliphatic heterocycles. The molecule has 0 spiro atoms. The van der Waals surface area contributed by atoms with Crippen molar-refractivity contribution in [3.05, 3.63) is 102 Å². The molecule has 2 aliphatic rings. The van der Waals surface area contributed by atoms with E-state index in [9.17, 15) is 18.3 Å². The van der Waals surface area contributed by atoms with Crippen LogP contribution in [0.25, 0.3) is 16.7 Å². The molecule has 1 fully saturated rings. The van der Waals surface area contributed by atoms with Crippen LogP contribution in [0.3, 0.4) is 0 Å². The number of morpholine rings is 1. The van der Waals surface area contributed by atoms with E-state index >= 15 is 0 Å². The summed E-state index contributed by atoms with van der Waals surface area (Å²) in [5, 5.41) is 9.47. The Bertz CT molecular complexity index is 1570. The first kappa shape index (κ1) is 29.7. The maximum atomic E-state index is 13.1. The van der Waals surface area contributed by atoms with Crippen LogP contribution in [0.15, 0.2) is 89.9 Å². The Labute approximate surface area is 247 Å². The summed E-state index contributed by atoms with van der Waals surface area (Å²) in [5.74, 6) is -0.806. The van der Waals surface area contributed by atoms with Crippen molar-refractivity contribution in [3.8, 4) is 16.9 Å². The summed E-state index contributed by atoms with van der Waals surface area (Å²) in [6, 6.07) is 19.9. The molecular weight excluding hydrogens is 552 g/mol. The highest BCUT2D eigenvalue weighted by Gasteiger charge is 2.28. The molecule has 42 heavy (non-hydrogen) atoms. The number of rotatable bonds is 12. The number of benzene rings is 3. The topological polar surface area (TPSA) is 105 Å². The SMILES string of the molecule is CC(C)[C@@H](NS(=O)(=O)c1ccc(-c2ccc(COc3ccc(CN4CCOCC4)cc3)cc2)c(C2=CC=C2)c1)C(=O)O. The number of sulfonamides is 1. The Morgan fingerprint density at radius 1 is 0.976 bits per heavy atom. The molecule has 1 heterocycles. The molecule has 1 aliphatic carbocycles. The van der Waals surface area contributed by atoms with Crippen LogP contribution in [0, 0.1) is 5.92 Å². The minimum Gasteiger partial charge on any atom is -0.489 e. The normalized spacial score (nSPS) is 16.1. The van der Waals surface area contributed by atoms with Crippen LogP contribution < -0.4 is 9.46 Å². The van der Waals surface area contributed by atoms with Gasteiger partial charge in [-0.05, 0) is 63.6 Å². The van der Waals surface area contributed by atoms with Gasteiger partial charge in [0, 0.05) is 19.6 Å². The molecule has 0 unspecified atom stereocenters. The first-order valence-electron chi connectivity index (χ1n) is 14.1. The second-order valence-corrected chi connectivity index (χ2v) is 12.6. The van der Waals surface area contributed by atoms with Crippen molar-refractivity contribution in [2.24, 2.45) is 5.92 Å². The minimum atomic E-state index is -4.05. The highest BCUT2D eigenvalue weighted by molar-refractivity contribution is 7.89. The van der Waals surface area contributed by atoms with Gasteiger partial charge in [-0.3, -0.25) is 9.69 Å². The highest BCUT2D eigenvalue weighted by Crippen LogP contribution is 2.34. The van der Waals surface area contributed by atoms with Crippen LogP contribution in [0.2, 0.25) is 0 Å². The van der Waals surface area contributed by atoms with Crippen LogP contribution in [-0.2, 0) is 32.7 Å². The van der Waals surface area contributed by atoms with E-state index in [2.05, 4.69) is 21.8 Å². The van der Waals surface area contributed by atoms with E-state index in [-0.39, 0.29) is 4.90 Å². The number of allylic oxidation sites excluding steroid dienone is 4. The van der Waals surface area contributed by atoms with Crippen molar-refractivity contribution in [1.82, 2.24) is 9.62 Å². The van der Waals surface area contributed by atoms with E-state index in [4.69, 9.17) is 9.47 Å². The summed E-state index contributed by atoms with van der Waals surface area (Å²) in [5.41, 5.74) is 5.74. The van der Waals surface area contributed by atoms with Gasteiger partial charge in [-0.1, -0.05) is 74.5 Å². The standard InChI is InChI=1S/C33H36N2O6S/c1-23(2)32(33(36)37)34-42(38,39)29-14-15-30(31(20-29)26-4-3-5-26)27-10-6-25(7-11-27)22-41-28-12-8-24(9-13-28)21-35-16-18-40-19-17-35/h3-15,20,23,32,34H,16-19,21-22H2,1-2H3,(H,36,37)/t32-/m1/s1. The van der Waals surface area contributed by atoms with Gasteiger partial charge in [0.15, 0.2) is 0 Å². The summed E-state index contributed by atoms with van der Waals surface area (Å²) in [6.45, 7) is 8.14. The predicted molar refractivity (Wildman–Crippen MR) is 162 cm³/mol. The molecule has 0 bridgehead atoms. The number of hydrogen-bond acceptors (Lipinski definition) is 6. The van der Waals surface area contributed by atoms with Crippen LogP contribution in [0.5, 0.6) is 5.75 Å².